The van der Waals surface area contributed by atoms with Crippen molar-refractivity contribution in [3.05, 3.63) is 35.9 Å². The Hall–Kier alpha value is -2.08. The molecule has 0 aromatic heterocycles. The molecule has 1 unspecified atom stereocenters. The lowest BCUT2D eigenvalue weighted by Crippen LogP contribution is -2.49. The zero-order chi connectivity index (χ0) is 19.6. The molecule has 0 bridgehead atoms. The molecular formula is C21H32N2O4. The minimum absolute atomic E-state index is 0.0445. The molecule has 6 heteroatoms. The second-order valence-electron chi connectivity index (χ2n) is 7.68. The average molecular weight is 376 g/mol. The van der Waals surface area contributed by atoms with Crippen LogP contribution in [0.5, 0.6) is 0 Å². The van der Waals surface area contributed by atoms with Crippen LogP contribution >= 0.6 is 0 Å². The number of benzene rings is 1. The number of aliphatic carboxylic acids is 1. The van der Waals surface area contributed by atoms with Gasteiger partial charge in [-0.15, -0.1) is 0 Å². The van der Waals surface area contributed by atoms with Crippen LogP contribution in [0.2, 0.25) is 0 Å². The predicted octanol–water partition coefficient (Wildman–Crippen LogP) is 3.31. The summed E-state index contributed by atoms with van der Waals surface area (Å²) in [7, 11) is 0. The maximum Gasteiger partial charge on any atom is 0.317 e. The van der Waals surface area contributed by atoms with Crippen molar-refractivity contribution in [3.8, 4) is 0 Å². The highest BCUT2D eigenvalue weighted by Crippen LogP contribution is 2.16. The van der Waals surface area contributed by atoms with Gasteiger partial charge in [0.05, 0.1) is 6.10 Å². The number of amides is 2. The van der Waals surface area contributed by atoms with Gasteiger partial charge in [0.1, 0.15) is 0 Å². The molecule has 0 saturated carbocycles. The van der Waals surface area contributed by atoms with Crippen LogP contribution in [0.15, 0.2) is 30.3 Å². The van der Waals surface area contributed by atoms with Crippen molar-refractivity contribution in [2.75, 3.05) is 19.7 Å². The summed E-state index contributed by atoms with van der Waals surface area (Å²) in [5, 5.41) is 12.0. The van der Waals surface area contributed by atoms with Crippen molar-refractivity contribution in [3.63, 3.8) is 0 Å². The normalized spacial score (nSPS) is 16.3. The van der Waals surface area contributed by atoms with Crippen LogP contribution in [0.25, 0.3) is 0 Å². The Kier molecular flexibility index (Phi) is 8.58. The monoisotopic (exact) mass is 376 g/mol. The van der Waals surface area contributed by atoms with Crippen molar-refractivity contribution < 1.29 is 19.4 Å². The van der Waals surface area contributed by atoms with E-state index in [1.165, 1.54) is 0 Å². The van der Waals surface area contributed by atoms with E-state index in [0.29, 0.717) is 31.8 Å². The third-order valence-corrected chi connectivity index (χ3v) is 4.75. The number of piperidine rings is 1. The number of nitrogens with one attached hydrogen (secondary N) is 1. The molecule has 1 aliphatic heterocycles. The number of carbonyl (C=O) groups is 2. The second-order valence-corrected chi connectivity index (χ2v) is 7.68. The highest BCUT2D eigenvalue weighted by molar-refractivity contribution is 5.75. The number of carboxylic acid groups (broad SMARTS) is 1. The molecule has 0 aliphatic carbocycles. The van der Waals surface area contributed by atoms with Crippen molar-refractivity contribution >= 4 is 12.0 Å². The van der Waals surface area contributed by atoms with Gasteiger partial charge in [0.15, 0.2) is 0 Å². The number of rotatable bonds is 9. The number of likely N-dealkylation sites (tertiary alicyclic amines) is 1. The SMILES string of the molecule is CC(C)COC1CCN(C(=O)NC(CCC(=O)O)Cc2ccccc2)CC1. The first-order valence-corrected chi connectivity index (χ1v) is 9.86. The fraction of sp³-hybridized carbons (Fsp3) is 0.619. The molecule has 1 aromatic carbocycles. The molecular weight excluding hydrogens is 344 g/mol. The van der Waals surface area contributed by atoms with Gasteiger partial charge in [-0.05, 0) is 37.2 Å². The van der Waals surface area contributed by atoms with Gasteiger partial charge in [-0.2, -0.15) is 0 Å². The van der Waals surface area contributed by atoms with E-state index in [0.717, 1.165) is 25.0 Å². The minimum atomic E-state index is -0.842. The highest BCUT2D eigenvalue weighted by atomic mass is 16.5. The van der Waals surface area contributed by atoms with Crippen molar-refractivity contribution in [1.29, 1.82) is 0 Å². The highest BCUT2D eigenvalue weighted by Gasteiger charge is 2.25. The lowest BCUT2D eigenvalue weighted by Gasteiger charge is -2.33. The second kappa shape index (κ2) is 10.9. The number of urea groups is 1. The molecule has 2 N–H and O–H groups in total. The van der Waals surface area contributed by atoms with Gasteiger partial charge in [-0.1, -0.05) is 44.2 Å². The summed E-state index contributed by atoms with van der Waals surface area (Å²) in [6.45, 7) is 6.36. The van der Waals surface area contributed by atoms with Crippen LogP contribution in [0, 0.1) is 5.92 Å². The van der Waals surface area contributed by atoms with Crippen LogP contribution in [-0.2, 0) is 16.0 Å². The minimum Gasteiger partial charge on any atom is -0.481 e. The summed E-state index contributed by atoms with van der Waals surface area (Å²) in [6.07, 6.45) is 3.02. The van der Waals surface area contributed by atoms with Crippen LogP contribution in [0.3, 0.4) is 0 Å². The van der Waals surface area contributed by atoms with E-state index in [9.17, 15) is 9.59 Å². The Balaban J connectivity index is 1.84. The lowest BCUT2D eigenvalue weighted by atomic mass is 10.0. The van der Waals surface area contributed by atoms with E-state index < -0.39 is 5.97 Å². The first kappa shape index (κ1) is 21.2. The Labute approximate surface area is 161 Å². The number of ether oxygens (including phenoxy) is 1. The zero-order valence-corrected chi connectivity index (χ0v) is 16.4. The van der Waals surface area contributed by atoms with Gasteiger partial charge < -0.3 is 20.1 Å². The summed E-state index contributed by atoms with van der Waals surface area (Å²) < 4.78 is 5.87. The van der Waals surface area contributed by atoms with E-state index in [1.54, 1.807) is 0 Å². The summed E-state index contributed by atoms with van der Waals surface area (Å²) in [4.78, 5) is 25.4. The van der Waals surface area contributed by atoms with Crippen LogP contribution in [0.4, 0.5) is 4.79 Å². The molecule has 1 saturated heterocycles. The molecule has 2 amide bonds. The standard InChI is InChI=1S/C21H32N2O4/c1-16(2)15-27-19-10-12-23(13-11-19)21(26)22-18(8-9-20(24)25)14-17-6-4-3-5-7-17/h3-7,16,18-19H,8-15H2,1-2H3,(H,22,26)(H,24,25). The molecule has 0 radical (unpaired) electrons. The molecule has 1 heterocycles. The Morgan fingerprint density at radius 3 is 2.48 bits per heavy atom. The molecule has 2 rings (SSSR count). The van der Waals surface area contributed by atoms with E-state index in [-0.39, 0.29) is 24.6 Å². The van der Waals surface area contributed by atoms with Crippen LogP contribution < -0.4 is 5.32 Å². The maximum absolute atomic E-state index is 12.6. The van der Waals surface area contributed by atoms with Gasteiger partial charge in [-0.25, -0.2) is 4.79 Å². The molecule has 1 fully saturated rings. The molecule has 1 atom stereocenters. The number of carboxylic acids is 1. The van der Waals surface area contributed by atoms with E-state index in [2.05, 4.69) is 19.2 Å². The number of hydrogen-bond donors (Lipinski definition) is 2. The molecule has 27 heavy (non-hydrogen) atoms. The first-order valence-electron chi connectivity index (χ1n) is 9.86. The largest absolute Gasteiger partial charge is 0.481 e. The van der Waals surface area contributed by atoms with Gasteiger partial charge in [0.2, 0.25) is 0 Å². The number of hydrogen-bond acceptors (Lipinski definition) is 3. The quantitative estimate of drug-likeness (QED) is 0.693. The fourth-order valence-corrected chi connectivity index (χ4v) is 3.24. The average Bonchev–Trinajstić information content (AvgIpc) is 2.65. The summed E-state index contributed by atoms with van der Waals surface area (Å²) in [5.74, 6) is -0.329. The lowest BCUT2D eigenvalue weighted by molar-refractivity contribution is -0.137. The smallest absolute Gasteiger partial charge is 0.317 e. The first-order chi connectivity index (χ1) is 12.9. The van der Waals surface area contributed by atoms with Gasteiger partial charge in [0.25, 0.3) is 0 Å². The topological polar surface area (TPSA) is 78.9 Å². The summed E-state index contributed by atoms with van der Waals surface area (Å²) in [6, 6.07) is 9.55. The van der Waals surface area contributed by atoms with Gasteiger partial charge in [-0.3, -0.25) is 4.79 Å². The molecule has 1 aromatic rings. The van der Waals surface area contributed by atoms with E-state index in [1.807, 2.05) is 35.2 Å². The van der Waals surface area contributed by atoms with Crippen molar-refractivity contribution in [2.24, 2.45) is 5.92 Å². The van der Waals surface area contributed by atoms with Crippen LogP contribution in [-0.4, -0.2) is 53.8 Å². The third kappa shape index (κ3) is 7.99. The number of carbonyl (C=O) groups excluding carboxylic acids is 1. The third-order valence-electron chi connectivity index (χ3n) is 4.75. The summed E-state index contributed by atoms with van der Waals surface area (Å²) >= 11 is 0. The molecule has 6 nitrogen and oxygen atoms in total. The molecule has 150 valence electrons. The molecule has 1 aliphatic rings. The fourth-order valence-electron chi connectivity index (χ4n) is 3.24. The zero-order valence-electron chi connectivity index (χ0n) is 16.4. The Morgan fingerprint density at radius 2 is 1.89 bits per heavy atom. The van der Waals surface area contributed by atoms with E-state index in [4.69, 9.17) is 9.84 Å². The maximum atomic E-state index is 12.6. The molecule has 0 spiro atoms. The van der Waals surface area contributed by atoms with E-state index >= 15 is 0 Å². The van der Waals surface area contributed by atoms with Crippen molar-refractivity contribution in [1.82, 2.24) is 10.2 Å². The number of nitrogens with zero attached hydrogens (tertiary/aromatic N) is 1. The van der Waals surface area contributed by atoms with Crippen molar-refractivity contribution in [2.45, 2.75) is 58.1 Å². The van der Waals surface area contributed by atoms with Gasteiger partial charge in [0, 0.05) is 32.2 Å². The predicted molar refractivity (Wildman–Crippen MR) is 105 cm³/mol. The summed E-state index contributed by atoms with van der Waals surface area (Å²) in [5.41, 5.74) is 1.09. The van der Waals surface area contributed by atoms with Gasteiger partial charge >= 0.3 is 12.0 Å². The Morgan fingerprint density at radius 1 is 1.22 bits per heavy atom. The van der Waals surface area contributed by atoms with Crippen LogP contribution in [0.1, 0.15) is 45.1 Å². The Bertz CT molecular complexity index is 583.